The van der Waals surface area contributed by atoms with Gasteiger partial charge in [0.1, 0.15) is 5.82 Å². The van der Waals surface area contributed by atoms with Gasteiger partial charge in [0.05, 0.1) is 6.54 Å². The van der Waals surface area contributed by atoms with Crippen molar-refractivity contribution in [1.29, 1.82) is 0 Å². The van der Waals surface area contributed by atoms with Crippen molar-refractivity contribution in [3.8, 4) is 0 Å². The molecule has 1 aromatic rings. The molecule has 0 bridgehead atoms. The Morgan fingerprint density at radius 2 is 2.33 bits per heavy atom. The number of aromatic nitrogens is 2. The summed E-state index contributed by atoms with van der Waals surface area (Å²) in [7, 11) is 2.12. The molecule has 1 aliphatic rings. The Morgan fingerprint density at radius 3 is 3.06 bits per heavy atom. The number of likely N-dealkylation sites (tertiary alicyclic amines) is 1. The largest absolute Gasteiger partial charge is 0.319 e. The second-order valence-corrected chi connectivity index (χ2v) is 4.79. The van der Waals surface area contributed by atoms with Crippen LogP contribution < -0.4 is 5.32 Å². The van der Waals surface area contributed by atoms with Crippen LogP contribution in [0.15, 0.2) is 12.4 Å². The molecule has 1 aromatic heterocycles. The number of nitrogens with zero attached hydrogens (tertiary/aromatic N) is 3. The van der Waals surface area contributed by atoms with Crippen molar-refractivity contribution in [3.63, 3.8) is 0 Å². The van der Waals surface area contributed by atoms with Gasteiger partial charge in [-0.25, -0.2) is 4.98 Å². The van der Waals surface area contributed by atoms with Crippen molar-refractivity contribution in [2.45, 2.75) is 38.4 Å². The maximum atomic E-state index is 12.6. The number of rotatable bonds is 5. The molecule has 0 amide bonds. The topological polar surface area (TPSA) is 33.1 Å². The second kappa shape index (κ2) is 6.24. The first kappa shape index (κ1) is 13.4. The lowest BCUT2D eigenvalue weighted by molar-refractivity contribution is 0.0664. The molecule has 2 heterocycles. The van der Waals surface area contributed by atoms with Gasteiger partial charge in [-0.15, -0.1) is 0 Å². The summed E-state index contributed by atoms with van der Waals surface area (Å²) in [6, 6.07) is 0.508. The molecule has 1 saturated heterocycles. The number of halogens is 2. The highest BCUT2D eigenvalue weighted by Crippen LogP contribution is 2.15. The zero-order valence-corrected chi connectivity index (χ0v) is 10.6. The van der Waals surface area contributed by atoms with Crippen LogP contribution in [0.3, 0.4) is 0 Å². The summed E-state index contributed by atoms with van der Waals surface area (Å²) < 4.78 is 26.1. The molecular weight excluding hydrogens is 238 g/mol. The summed E-state index contributed by atoms with van der Waals surface area (Å²) in [5, 5.41) is 3.22. The molecule has 1 aliphatic heterocycles. The first-order valence-electron chi connectivity index (χ1n) is 6.39. The van der Waals surface area contributed by atoms with Gasteiger partial charge in [-0.3, -0.25) is 4.57 Å². The molecule has 6 heteroatoms. The van der Waals surface area contributed by atoms with Crippen molar-refractivity contribution in [2.75, 3.05) is 20.1 Å². The summed E-state index contributed by atoms with van der Waals surface area (Å²) in [6.07, 6.45) is 6.41. The molecule has 102 valence electrons. The fourth-order valence-electron chi connectivity index (χ4n) is 2.41. The van der Waals surface area contributed by atoms with Gasteiger partial charge in [0.25, 0.3) is 0 Å². The van der Waals surface area contributed by atoms with Crippen molar-refractivity contribution in [1.82, 2.24) is 19.8 Å². The number of alkyl halides is 2. The van der Waals surface area contributed by atoms with Crippen LogP contribution in [0.1, 0.15) is 31.6 Å². The van der Waals surface area contributed by atoms with E-state index in [4.69, 9.17) is 0 Å². The lowest BCUT2D eigenvalue weighted by Crippen LogP contribution is -2.43. The summed E-state index contributed by atoms with van der Waals surface area (Å²) in [5.74, 6) is 0.392. The Kier molecular flexibility index (Phi) is 4.66. The number of hydrogen-bond donors (Lipinski definition) is 1. The van der Waals surface area contributed by atoms with Gasteiger partial charge in [-0.2, -0.15) is 8.78 Å². The minimum Gasteiger partial charge on any atom is -0.308 e. The van der Waals surface area contributed by atoms with E-state index in [1.807, 2.05) is 0 Å². The van der Waals surface area contributed by atoms with Gasteiger partial charge in [0, 0.05) is 25.0 Å². The number of nitrogens with one attached hydrogen (secondary N) is 1. The highest BCUT2D eigenvalue weighted by Gasteiger charge is 2.18. The molecule has 1 unspecified atom stereocenters. The van der Waals surface area contributed by atoms with Gasteiger partial charge in [0.15, 0.2) is 0 Å². The molecule has 1 atom stereocenters. The van der Waals surface area contributed by atoms with Crippen LogP contribution in [0.4, 0.5) is 8.78 Å². The number of likely N-dealkylation sites (N-methyl/N-ethyl adjacent to an activating group) is 1. The molecule has 2 rings (SSSR count). The van der Waals surface area contributed by atoms with E-state index in [0.29, 0.717) is 18.4 Å². The van der Waals surface area contributed by atoms with Crippen LogP contribution in [0.5, 0.6) is 0 Å². The van der Waals surface area contributed by atoms with E-state index in [-0.39, 0.29) is 0 Å². The average molecular weight is 258 g/mol. The van der Waals surface area contributed by atoms with E-state index in [1.165, 1.54) is 31.7 Å². The summed E-state index contributed by atoms with van der Waals surface area (Å²) in [4.78, 5) is 6.28. The van der Waals surface area contributed by atoms with E-state index in [9.17, 15) is 8.78 Å². The fraction of sp³-hybridized carbons (Fsp3) is 0.750. The average Bonchev–Trinajstić information content (AvgIpc) is 2.80. The molecule has 0 aromatic carbocycles. The predicted octanol–water partition coefficient (Wildman–Crippen LogP) is 1.85. The summed E-state index contributed by atoms with van der Waals surface area (Å²) in [5.41, 5.74) is 0. The normalized spacial score (nSPS) is 21.7. The Hall–Kier alpha value is -1.01. The quantitative estimate of drug-likeness (QED) is 0.875. The highest BCUT2D eigenvalue weighted by molar-refractivity contribution is 4.92. The van der Waals surface area contributed by atoms with E-state index in [1.54, 1.807) is 0 Å². The zero-order valence-electron chi connectivity index (χ0n) is 10.6. The maximum Gasteiger partial charge on any atom is 0.319 e. The number of hydrogen-bond acceptors (Lipinski definition) is 3. The van der Waals surface area contributed by atoms with Crippen LogP contribution in [-0.4, -0.2) is 40.6 Å². The van der Waals surface area contributed by atoms with E-state index < -0.39 is 6.55 Å². The van der Waals surface area contributed by atoms with Crippen LogP contribution in [-0.2, 0) is 6.54 Å². The molecule has 0 aliphatic carbocycles. The van der Waals surface area contributed by atoms with E-state index >= 15 is 0 Å². The lowest BCUT2D eigenvalue weighted by atomic mass is 10.0. The predicted molar refractivity (Wildman–Crippen MR) is 65.5 cm³/mol. The van der Waals surface area contributed by atoms with Crippen LogP contribution >= 0.6 is 0 Å². The van der Waals surface area contributed by atoms with Crippen LogP contribution in [0.25, 0.3) is 0 Å². The third-order valence-corrected chi connectivity index (χ3v) is 3.54. The standard InChI is InChI=1S/C12H20F2N4/c1-17-6-3-2-4-10(17)8-15-9-11-16-5-7-18(11)12(13)14/h5,7,10,12,15H,2-4,6,8-9H2,1H3. The SMILES string of the molecule is CN1CCCCC1CNCc1nccn1C(F)F. The monoisotopic (exact) mass is 258 g/mol. The molecule has 0 spiro atoms. The second-order valence-electron chi connectivity index (χ2n) is 4.79. The molecule has 4 nitrogen and oxygen atoms in total. The first-order valence-corrected chi connectivity index (χ1v) is 6.39. The Balaban J connectivity index is 1.79. The smallest absolute Gasteiger partial charge is 0.308 e. The Labute approximate surface area is 106 Å². The van der Waals surface area contributed by atoms with Gasteiger partial charge in [-0.05, 0) is 26.4 Å². The van der Waals surface area contributed by atoms with Gasteiger partial charge in [0.2, 0.25) is 0 Å². The van der Waals surface area contributed by atoms with E-state index in [0.717, 1.165) is 17.7 Å². The minimum atomic E-state index is -2.51. The van der Waals surface area contributed by atoms with Gasteiger partial charge in [-0.1, -0.05) is 6.42 Å². The van der Waals surface area contributed by atoms with E-state index in [2.05, 4.69) is 22.2 Å². The summed E-state index contributed by atoms with van der Waals surface area (Å²) in [6.45, 7) is -0.173. The van der Waals surface area contributed by atoms with Crippen molar-refractivity contribution < 1.29 is 8.78 Å². The third kappa shape index (κ3) is 3.26. The lowest BCUT2D eigenvalue weighted by Gasteiger charge is -2.32. The summed E-state index contributed by atoms with van der Waals surface area (Å²) >= 11 is 0. The minimum absolute atomic E-state index is 0.391. The molecule has 1 N–H and O–H groups in total. The van der Waals surface area contributed by atoms with Crippen molar-refractivity contribution >= 4 is 0 Å². The van der Waals surface area contributed by atoms with Crippen molar-refractivity contribution in [3.05, 3.63) is 18.2 Å². The highest BCUT2D eigenvalue weighted by atomic mass is 19.3. The zero-order chi connectivity index (χ0) is 13.0. The molecular formula is C12H20F2N4. The van der Waals surface area contributed by atoms with Crippen LogP contribution in [0, 0.1) is 0 Å². The maximum absolute atomic E-state index is 12.6. The molecule has 1 fully saturated rings. The number of piperidine rings is 1. The van der Waals surface area contributed by atoms with Crippen LogP contribution in [0.2, 0.25) is 0 Å². The van der Waals surface area contributed by atoms with Crippen molar-refractivity contribution in [2.24, 2.45) is 0 Å². The number of imidazole rings is 1. The molecule has 0 radical (unpaired) electrons. The molecule has 18 heavy (non-hydrogen) atoms. The third-order valence-electron chi connectivity index (χ3n) is 3.54. The van der Waals surface area contributed by atoms with Gasteiger partial charge >= 0.3 is 6.55 Å². The first-order chi connectivity index (χ1) is 8.68. The van der Waals surface area contributed by atoms with Gasteiger partial charge < -0.3 is 10.2 Å². The Morgan fingerprint density at radius 1 is 1.50 bits per heavy atom. The Bertz CT molecular complexity index is 367. The fourth-order valence-corrected chi connectivity index (χ4v) is 2.41. The molecule has 0 saturated carbocycles.